The molecule has 0 spiro atoms. The Balaban J connectivity index is 1.92. The van der Waals surface area contributed by atoms with Crippen molar-refractivity contribution in [1.82, 2.24) is 13.6 Å². The Morgan fingerprint density at radius 3 is 2.39 bits per heavy atom. The van der Waals surface area contributed by atoms with Crippen LogP contribution in [-0.2, 0) is 0 Å². The van der Waals surface area contributed by atoms with Crippen LogP contribution < -0.4 is 10.6 Å². The van der Waals surface area contributed by atoms with Gasteiger partial charge in [0.1, 0.15) is 11.5 Å². The number of phenolic OH excluding ortho intramolecular Hbond substituents is 1. The number of aromatic hydroxyl groups is 1. The van der Waals surface area contributed by atoms with Gasteiger partial charge in [-0.3, -0.25) is 4.79 Å². The van der Waals surface area contributed by atoms with Crippen LogP contribution in [0.5, 0.6) is 5.75 Å². The van der Waals surface area contributed by atoms with Crippen LogP contribution in [0.4, 0.5) is 17.3 Å². The van der Waals surface area contributed by atoms with E-state index < -0.39 is 0 Å². The lowest BCUT2D eigenvalue weighted by Gasteiger charge is -2.30. The van der Waals surface area contributed by atoms with Crippen LogP contribution in [0.2, 0.25) is 0 Å². The number of nitrogens with zero attached hydrogens (tertiary/aromatic N) is 3. The van der Waals surface area contributed by atoms with E-state index in [1.165, 1.54) is 4.90 Å². The molecule has 8 nitrogen and oxygen atoms in total. The number of benzene rings is 1. The summed E-state index contributed by atoms with van der Waals surface area (Å²) in [5.41, 5.74) is 1.17. The molecule has 0 aliphatic carbocycles. The fourth-order valence-corrected chi connectivity index (χ4v) is 3.71. The first-order chi connectivity index (χ1) is 14.5. The fourth-order valence-electron chi connectivity index (χ4n) is 3.24. The number of carbonyl (C=O) groups is 1. The maximum atomic E-state index is 12.5. The summed E-state index contributed by atoms with van der Waals surface area (Å²) in [5, 5.41) is 17.3. The highest BCUT2D eigenvalue weighted by molar-refractivity contribution is 6.99. The molecule has 1 amide bonds. The van der Waals surface area contributed by atoms with E-state index in [9.17, 15) is 9.90 Å². The number of aromatic nitrogens is 2. The van der Waals surface area contributed by atoms with Gasteiger partial charge in [0.25, 0.3) is 5.91 Å². The molecule has 0 aliphatic heterocycles. The zero-order valence-corrected chi connectivity index (χ0v) is 19.7. The summed E-state index contributed by atoms with van der Waals surface area (Å²) in [6.07, 6.45) is 0. The molecule has 31 heavy (non-hydrogen) atoms. The van der Waals surface area contributed by atoms with E-state index in [1.54, 1.807) is 33.2 Å². The number of phenols is 1. The van der Waals surface area contributed by atoms with Crippen molar-refractivity contribution in [3.63, 3.8) is 0 Å². The topological polar surface area (TPSA) is 104 Å². The minimum absolute atomic E-state index is 0.119. The van der Waals surface area contributed by atoms with Gasteiger partial charge in [0, 0.05) is 14.1 Å². The molecule has 0 unspecified atom stereocenters. The van der Waals surface area contributed by atoms with E-state index in [0.717, 1.165) is 23.2 Å². The SMILES string of the molecule is Cc1ccc([C@H](Nc2nsnc2Nc2ccc(C)c(C(=O)N(C)C)c2O)C(C)(C)C)o1. The summed E-state index contributed by atoms with van der Waals surface area (Å²) in [7, 11) is 3.30. The first kappa shape index (κ1) is 22.6. The Labute approximate surface area is 186 Å². The molecule has 3 aromatic rings. The first-order valence-corrected chi connectivity index (χ1v) is 10.7. The van der Waals surface area contributed by atoms with Crippen molar-refractivity contribution in [1.29, 1.82) is 0 Å². The molecule has 0 aliphatic rings. The average molecular weight is 444 g/mol. The van der Waals surface area contributed by atoms with Gasteiger partial charge in [-0.25, -0.2) is 0 Å². The third-order valence-corrected chi connectivity index (χ3v) is 5.47. The number of aryl methyl sites for hydroxylation is 2. The Hall–Kier alpha value is -3.07. The smallest absolute Gasteiger partial charge is 0.257 e. The summed E-state index contributed by atoms with van der Waals surface area (Å²) < 4.78 is 14.6. The predicted molar refractivity (Wildman–Crippen MR) is 123 cm³/mol. The molecule has 1 atom stereocenters. The molecule has 2 aromatic heterocycles. The molecule has 0 radical (unpaired) electrons. The molecular weight excluding hydrogens is 414 g/mol. The molecule has 166 valence electrons. The highest BCUT2D eigenvalue weighted by Gasteiger charge is 2.31. The fraction of sp³-hybridized carbons (Fsp3) is 0.409. The lowest BCUT2D eigenvalue weighted by atomic mass is 9.85. The summed E-state index contributed by atoms with van der Waals surface area (Å²) in [5.74, 6) is 2.26. The van der Waals surface area contributed by atoms with Crippen molar-refractivity contribution >= 4 is 35.0 Å². The Morgan fingerprint density at radius 1 is 1.13 bits per heavy atom. The number of nitrogens with one attached hydrogen (secondary N) is 2. The van der Waals surface area contributed by atoms with Gasteiger partial charge in [0.2, 0.25) is 0 Å². The minimum atomic E-state index is -0.269. The molecule has 0 saturated heterocycles. The van der Waals surface area contributed by atoms with Gasteiger partial charge >= 0.3 is 0 Å². The van der Waals surface area contributed by atoms with Crippen molar-refractivity contribution < 1.29 is 14.3 Å². The van der Waals surface area contributed by atoms with E-state index in [-0.39, 0.29) is 28.7 Å². The summed E-state index contributed by atoms with van der Waals surface area (Å²) in [6.45, 7) is 10.0. The number of rotatable bonds is 6. The van der Waals surface area contributed by atoms with Crippen LogP contribution in [0.15, 0.2) is 28.7 Å². The van der Waals surface area contributed by atoms with Gasteiger partial charge in [0.15, 0.2) is 17.4 Å². The highest BCUT2D eigenvalue weighted by Crippen LogP contribution is 2.39. The second kappa shape index (κ2) is 8.58. The number of hydrogen-bond acceptors (Lipinski definition) is 8. The Morgan fingerprint density at radius 2 is 1.81 bits per heavy atom. The van der Waals surface area contributed by atoms with Gasteiger partial charge in [-0.2, -0.15) is 8.75 Å². The monoisotopic (exact) mass is 443 g/mol. The number of carbonyl (C=O) groups excluding carboxylic acids is 1. The maximum Gasteiger partial charge on any atom is 0.257 e. The second-order valence-corrected chi connectivity index (χ2v) is 9.36. The lowest BCUT2D eigenvalue weighted by molar-refractivity contribution is 0.0824. The molecule has 0 bridgehead atoms. The van der Waals surface area contributed by atoms with Gasteiger partial charge < -0.3 is 25.1 Å². The average Bonchev–Trinajstić information content (AvgIpc) is 3.29. The Kier molecular flexibility index (Phi) is 6.26. The molecule has 3 N–H and O–H groups in total. The number of furan rings is 1. The van der Waals surface area contributed by atoms with Crippen LogP contribution in [0.1, 0.15) is 54.3 Å². The number of amides is 1. The predicted octanol–water partition coefficient (Wildman–Crippen LogP) is 5.10. The van der Waals surface area contributed by atoms with Crippen LogP contribution in [-0.4, -0.2) is 38.8 Å². The quantitative estimate of drug-likeness (QED) is 0.455. The molecule has 1 aromatic carbocycles. The van der Waals surface area contributed by atoms with Gasteiger partial charge in [-0.05, 0) is 43.0 Å². The number of hydrogen-bond donors (Lipinski definition) is 3. The second-order valence-electron chi connectivity index (χ2n) is 8.83. The van der Waals surface area contributed by atoms with Crippen molar-refractivity contribution in [2.75, 3.05) is 24.7 Å². The minimum Gasteiger partial charge on any atom is -0.505 e. The molecular formula is C22H29N5O3S. The van der Waals surface area contributed by atoms with E-state index in [2.05, 4.69) is 40.2 Å². The van der Waals surface area contributed by atoms with Crippen LogP contribution in [0, 0.1) is 19.3 Å². The van der Waals surface area contributed by atoms with E-state index in [1.807, 2.05) is 19.1 Å². The van der Waals surface area contributed by atoms with Crippen LogP contribution in [0.25, 0.3) is 0 Å². The van der Waals surface area contributed by atoms with E-state index >= 15 is 0 Å². The van der Waals surface area contributed by atoms with Crippen LogP contribution >= 0.6 is 11.7 Å². The zero-order chi connectivity index (χ0) is 22.9. The molecule has 0 fully saturated rings. The van der Waals surface area contributed by atoms with Gasteiger partial charge in [0.05, 0.1) is 29.0 Å². The van der Waals surface area contributed by atoms with Gasteiger partial charge in [-0.15, -0.1) is 0 Å². The molecule has 0 saturated carbocycles. The standard InChI is InChI=1S/C22H29N5O3S/c1-12-8-10-14(17(28)16(12)21(29)27(6)7)23-19-20(26-31-25-19)24-18(22(3,4)5)15-11-9-13(2)30-15/h8-11,18,28H,1-7H3,(H,23,25)(H,24,26)/t18-/m0/s1. The maximum absolute atomic E-state index is 12.5. The van der Waals surface area contributed by atoms with Crippen molar-refractivity contribution in [3.8, 4) is 5.75 Å². The Bertz CT molecular complexity index is 1080. The zero-order valence-electron chi connectivity index (χ0n) is 18.9. The van der Waals surface area contributed by atoms with Crippen molar-refractivity contribution in [2.45, 2.75) is 40.7 Å². The molecule has 3 rings (SSSR count). The molecule has 9 heteroatoms. The summed E-state index contributed by atoms with van der Waals surface area (Å²) >= 11 is 1.05. The normalized spacial score (nSPS) is 12.5. The highest BCUT2D eigenvalue weighted by atomic mass is 32.1. The van der Waals surface area contributed by atoms with E-state index in [4.69, 9.17) is 4.42 Å². The lowest BCUT2D eigenvalue weighted by Crippen LogP contribution is -2.26. The largest absolute Gasteiger partial charge is 0.505 e. The number of anilines is 3. The first-order valence-electron chi connectivity index (χ1n) is 9.95. The third-order valence-electron chi connectivity index (χ3n) is 4.94. The third kappa shape index (κ3) is 4.82. The molecule has 2 heterocycles. The summed E-state index contributed by atoms with van der Waals surface area (Å²) in [4.78, 5) is 13.9. The van der Waals surface area contributed by atoms with Crippen molar-refractivity contribution in [3.05, 3.63) is 46.9 Å². The van der Waals surface area contributed by atoms with Crippen LogP contribution in [0.3, 0.4) is 0 Å². The van der Waals surface area contributed by atoms with Crippen molar-refractivity contribution in [2.24, 2.45) is 5.41 Å². The summed E-state index contributed by atoms with van der Waals surface area (Å²) in [6, 6.07) is 7.24. The van der Waals surface area contributed by atoms with Gasteiger partial charge in [-0.1, -0.05) is 26.8 Å². The van der Waals surface area contributed by atoms with E-state index in [0.29, 0.717) is 22.9 Å².